The average molecular weight is 970 g/mol. The molecule has 0 aromatic heterocycles. The number of rotatable bonds is 16. The van der Waals surface area contributed by atoms with Gasteiger partial charge in [0, 0.05) is 26.2 Å². The minimum Gasteiger partial charge on any atom is -0.444 e. The van der Waals surface area contributed by atoms with Crippen LogP contribution in [0.2, 0.25) is 0 Å². The summed E-state index contributed by atoms with van der Waals surface area (Å²) in [7, 11) is 0. The molecule has 0 bridgehead atoms. The minimum absolute atomic E-state index is 0.0192. The van der Waals surface area contributed by atoms with Crippen molar-refractivity contribution in [2.24, 2.45) is 9.98 Å². The largest absolute Gasteiger partial charge is 0.444 e. The third-order valence-electron chi connectivity index (χ3n) is 7.85. The zero-order valence-corrected chi connectivity index (χ0v) is 44.6. The van der Waals surface area contributed by atoms with Gasteiger partial charge >= 0.3 is 36.6 Å². The van der Waals surface area contributed by atoms with E-state index in [9.17, 15) is 28.8 Å². The number of hydrogen-bond donors (Lipinski definition) is 5. The van der Waals surface area contributed by atoms with Crippen LogP contribution in [0.15, 0.2) is 9.98 Å². The van der Waals surface area contributed by atoms with Crippen molar-refractivity contribution < 1.29 is 57.2 Å². The molecule has 0 fully saturated rings. The van der Waals surface area contributed by atoms with Crippen LogP contribution in [0, 0.1) is 5.41 Å². The van der Waals surface area contributed by atoms with Crippen molar-refractivity contribution in [2.45, 2.75) is 222 Å². The second-order valence-electron chi connectivity index (χ2n) is 22.1. The molecule has 0 aromatic carbocycles. The summed E-state index contributed by atoms with van der Waals surface area (Å²) in [6.45, 7) is 31.5. The predicted octanol–water partition coefficient (Wildman–Crippen LogP) is 10.1. The molecule has 6 amide bonds. The first-order chi connectivity index (χ1) is 30.8. The van der Waals surface area contributed by atoms with Gasteiger partial charge in [-0.25, -0.2) is 38.6 Å². The van der Waals surface area contributed by atoms with Crippen LogP contribution in [0.25, 0.3) is 0 Å². The van der Waals surface area contributed by atoms with E-state index in [1.54, 1.807) is 125 Å². The van der Waals surface area contributed by atoms with Crippen molar-refractivity contribution >= 4 is 54.4 Å². The van der Waals surface area contributed by atoms with Gasteiger partial charge in [-0.3, -0.25) is 16.0 Å². The van der Waals surface area contributed by atoms with Gasteiger partial charge in [0.2, 0.25) is 11.9 Å². The zero-order valence-electron chi connectivity index (χ0n) is 44.6. The number of nitrogens with one attached hydrogen (secondary N) is 5. The number of guanidine groups is 3. The number of aliphatic imine (C=N–C) groups is 2. The standard InChI is InChI=1S/C47H87N9O12/c1-42(2,3)63-36(57)51-33(48)49-29-25-21-19-23-27-31-55(40(61)67-46(13,14)15)35(54-39(60)66-45(10,11)12)56(41(62)68-47(16,17)18)32-28-24-20-22-26-30-50-34(52-37(58)64-43(4,5)6)53-38(59)65-44(7,8)9/h19-32H2,1-18H3,(H3,48,49,51,57)(H2,50,52,53,58,59)/b54-35+. The lowest BCUT2D eigenvalue weighted by Crippen LogP contribution is -2.53. The van der Waals surface area contributed by atoms with Crippen LogP contribution in [-0.2, 0) is 28.4 Å². The lowest BCUT2D eigenvalue weighted by atomic mass is 10.1. The molecule has 21 nitrogen and oxygen atoms in total. The highest BCUT2D eigenvalue weighted by molar-refractivity contribution is 6.05. The number of amides is 6. The quantitative estimate of drug-likeness (QED) is 0.0417. The monoisotopic (exact) mass is 970 g/mol. The van der Waals surface area contributed by atoms with E-state index in [0.29, 0.717) is 64.5 Å². The number of hydrogen-bond acceptors (Lipinski definition) is 13. The minimum atomic E-state index is -1.02. The van der Waals surface area contributed by atoms with Gasteiger partial charge in [0.1, 0.15) is 33.6 Å². The Morgan fingerprint density at radius 3 is 1.12 bits per heavy atom. The van der Waals surface area contributed by atoms with Crippen molar-refractivity contribution in [3.63, 3.8) is 0 Å². The molecule has 0 heterocycles. The van der Waals surface area contributed by atoms with E-state index in [0.717, 1.165) is 12.8 Å². The SMILES string of the molecule is CC(C)(C)OC(=O)/N=C(\NCCCCCCCN(C(=O)OC(C)(C)C)/C(=N/C(=O)OC(C)(C)C)N(CCCCCCCNC(=N)NC(=O)OC(C)(C)C)C(=O)OC(C)(C)C)NC(=O)OC(C)(C)C. The molecular weight excluding hydrogens is 883 g/mol. The fourth-order valence-electron chi connectivity index (χ4n) is 5.42. The summed E-state index contributed by atoms with van der Waals surface area (Å²) in [5.74, 6) is -0.574. The van der Waals surface area contributed by atoms with Crippen LogP contribution in [0.3, 0.4) is 0 Å². The average Bonchev–Trinajstić information content (AvgIpc) is 3.08. The molecule has 392 valence electrons. The summed E-state index contributed by atoms with van der Waals surface area (Å²) in [5.41, 5.74) is -5.10. The van der Waals surface area contributed by atoms with Gasteiger partial charge in [0.25, 0.3) is 0 Å². The Morgan fingerprint density at radius 1 is 0.412 bits per heavy atom. The van der Waals surface area contributed by atoms with Gasteiger partial charge in [-0.1, -0.05) is 38.5 Å². The van der Waals surface area contributed by atoms with Crippen LogP contribution in [-0.4, -0.2) is 124 Å². The maximum absolute atomic E-state index is 14.0. The second-order valence-corrected chi connectivity index (χ2v) is 22.1. The van der Waals surface area contributed by atoms with Crippen molar-refractivity contribution in [3.8, 4) is 0 Å². The number of alkyl carbamates (subject to hydrolysis) is 2. The molecule has 21 heteroatoms. The molecule has 0 aliphatic rings. The number of nitrogens with zero attached hydrogens (tertiary/aromatic N) is 4. The number of unbranched alkanes of at least 4 members (excludes halogenated alkanes) is 8. The first-order valence-corrected chi connectivity index (χ1v) is 23.6. The van der Waals surface area contributed by atoms with Gasteiger partial charge in [-0.05, 0) is 150 Å². The van der Waals surface area contributed by atoms with E-state index in [4.69, 9.17) is 33.8 Å². The molecular formula is C47H87N9O12. The van der Waals surface area contributed by atoms with Crippen molar-refractivity contribution in [1.29, 1.82) is 5.41 Å². The Bertz CT molecular complexity index is 1710. The summed E-state index contributed by atoms with van der Waals surface area (Å²) in [6.07, 6.45) is 1.30. The molecule has 0 aliphatic carbocycles. The van der Waals surface area contributed by atoms with E-state index in [2.05, 4.69) is 31.3 Å². The number of carbonyl (C=O) groups is 6. The lowest BCUT2D eigenvalue weighted by Gasteiger charge is -2.34. The van der Waals surface area contributed by atoms with Gasteiger partial charge < -0.3 is 39.1 Å². The topological polar surface area (TPSA) is 261 Å². The molecule has 0 radical (unpaired) electrons. The van der Waals surface area contributed by atoms with Crippen LogP contribution in [0.4, 0.5) is 28.8 Å². The summed E-state index contributed by atoms with van der Waals surface area (Å²) >= 11 is 0. The van der Waals surface area contributed by atoms with Gasteiger partial charge in [-0.15, -0.1) is 9.98 Å². The highest BCUT2D eigenvalue weighted by Crippen LogP contribution is 2.19. The fraction of sp³-hybridized carbons (Fsp3) is 0.809. The Balaban J connectivity index is 6.17. The summed E-state index contributed by atoms with van der Waals surface area (Å²) in [5, 5.41) is 18.6. The molecule has 0 saturated carbocycles. The molecule has 0 unspecified atom stereocenters. The summed E-state index contributed by atoms with van der Waals surface area (Å²) < 4.78 is 32.9. The van der Waals surface area contributed by atoms with Crippen LogP contribution in [0.1, 0.15) is 189 Å². The zero-order chi connectivity index (χ0) is 52.7. The van der Waals surface area contributed by atoms with E-state index < -0.39 is 70.2 Å². The maximum Gasteiger partial charge on any atom is 0.437 e. The summed E-state index contributed by atoms with van der Waals surface area (Å²) in [4.78, 5) is 88.8. The molecule has 0 spiro atoms. The molecule has 68 heavy (non-hydrogen) atoms. The Hall–Kier alpha value is -5.37. The van der Waals surface area contributed by atoms with E-state index in [1.165, 1.54) is 9.80 Å². The Labute approximate surface area is 405 Å². The smallest absolute Gasteiger partial charge is 0.437 e. The Morgan fingerprint density at radius 2 is 0.735 bits per heavy atom. The number of carbonyl (C=O) groups excluding carboxylic acids is 6. The third-order valence-corrected chi connectivity index (χ3v) is 7.85. The van der Waals surface area contributed by atoms with Crippen LogP contribution >= 0.6 is 0 Å². The molecule has 5 N–H and O–H groups in total. The highest BCUT2D eigenvalue weighted by Gasteiger charge is 2.35. The predicted molar refractivity (Wildman–Crippen MR) is 262 cm³/mol. The first kappa shape index (κ1) is 62.6. The van der Waals surface area contributed by atoms with Crippen molar-refractivity contribution in [2.75, 3.05) is 26.2 Å². The molecule has 0 aromatic rings. The summed E-state index contributed by atoms with van der Waals surface area (Å²) in [6, 6.07) is 0. The number of ether oxygens (including phenoxy) is 6. The molecule has 0 saturated heterocycles. The fourth-order valence-corrected chi connectivity index (χ4v) is 5.42. The normalized spacial score (nSPS) is 12.8. The van der Waals surface area contributed by atoms with Gasteiger partial charge in [-0.2, -0.15) is 0 Å². The molecule has 0 atom stereocenters. The second kappa shape index (κ2) is 28.2. The van der Waals surface area contributed by atoms with E-state index >= 15 is 0 Å². The Kier molecular flexibility index (Phi) is 26.0. The van der Waals surface area contributed by atoms with Crippen LogP contribution < -0.4 is 21.3 Å². The highest BCUT2D eigenvalue weighted by atomic mass is 16.6. The van der Waals surface area contributed by atoms with Crippen molar-refractivity contribution in [3.05, 3.63) is 0 Å². The van der Waals surface area contributed by atoms with Crippen molar-refractivity contribution in [1.82, 2.24) is 31.1 Å². The van der Waals surface area contributed by atoms with Gasteiger partial charge in [0.05, 0.1) is 0 Å². The third kappa shape index (κ3) is 34.9. The van der Waals surface area contributed by atoms with E-state index in [1.807, 2.05) is 0 Å². The first-order valence-electron chi connectivity index (χ1n) is 23.6. The molecule has 0 aliphatic heterocycles. The lowest BCUT2D eigenvalue weighted by molar-refractivity contribution is 0.0269. The maximum atomic E-state index is 14.0. The van der Waals surface area contributed by atoms with E-state index in [-0.39, 0.29) is 31.0 Å². The van der Waals surface area contributed by atoms with Gasteiger partial charge in [0.15, 0.2) is 5.96 Å². The van der Waals surface area contributed by atoms with Crippen LogP contribution in [0.5, 0.6) is 0 Å². The molecule has 0 rings (SSSR count).